The van der Waals surface area contributed by atoms with Gasteiger partial charge in [-0.15, -0.1) is 0 Å². The molecule has 0 fully saturated rings. The third-order valence-corrected chi connectivity index (χ3v) is 3.25. The number of rotatable bonds is 3. The van der Waals surface area contributed by atoms with Crippen molar-refractivity contribution < 1.29 is 4.79 Å². The lowest BCUT2D eigenvalue weighted by atomic mass is 10.1. The molecule has 0 bridgehead atoms. The van der Waals surface area contributed by atoms with Crippen LogP contribution in [0.15, 0.2) is 18.2 Å². The van der Waals surface area contributed by atoms with Crippen molar-refractivity contribution in [2.45, 2.75) is 20.3 Å². The number of nitriles is 1. The van der Waals surface area contributed by atoms with E-state index in [1.54, 1.807) is 0 Å². The Morgan fingerprint density at radius 1 is 1.58 bits per heavy atom. The molecule has 0 saturated heterocycles. The Labute approximate surface area is 111 Å². The summed E-state index contributed by atoms with van der Waals surface area (Å²) in [6.07, 6.45) is 0.507. The smallest absolute Gasteiger partial charge is 0.241 e. The minimum absolute atomic E-state index is 0.267. The van der Waals surface area contributed by atoms with Crippen LogP contribution >= 0.6 is 0 Å². The number of carbonyl (C=O) groups is 1. The third kappa shape index (κ3) is 2.43. The molecule has 1 amide bonds. The summed E-state index contributed by atoms with van der Waals surface area (Å²) >= 11 is 0. The topological polar surface area (TPSA) is 70.7 Å². The first-order valence-corrected chi connectivity index (χ1v) is 6.20. The Bertz CT molecular complexity index is 666. The minimum atomic E-state index is -0.610. The molecule has 1 aromatic carbocycles. The van der Waals surface area contributed by atoms with Crippen LogP contribution in [0.2, 0.25) is 0 Å². The first-order chi connectivity index (χ1) is 9.06. The quantitative estimate of drug-likeness (QED) is 0.916. The van der Waals surface area contributed by atoms with E-state index < -0.39 is 5.92 Å². The van der Waals surface area contributed by atoms with Crippen molar-refractivity contribution in [2.24, 2.45) is 13.0 Å². The number of benzene rings is 1. The van der Waals surface area contributed by atoms with Crippen molar-refractivity contribution in [1.82, 2.24) is 9.55 Å². The number of imidazole rings is 1. The fourth-order valence-electron chi connectivity index (χ4n) is 1.96. The lowest BCUT2D eigenvalue weighted by molar-refractivity contribution is -0.118. The number of amides is 1. The summed E-state index contributed by atoms with van der Waals surface area (Å²) in [6.45, 7) is 3.75. The molecule has 0 radical (unpaired) electrons. The van der Waals surface area contributed by atoms with E-state index >= 15 is 0 Å². The number of nitrogens with zero attached hydrogens (tertiary/aromatic N) is 3. The summed E-state index contributed by atoms with van der Waals surface area (Å²) in [7, 11) is 1.95. The predicted molar refractivity (Wildman–Crippen MR) is 73.5 cm³/mol. The summed E-state index contributed by atoms with van der Waals surface area (Å²) in [5.41, 5.74) is 2.52. The van der Waals surface area contributed by atoms with Crippen LogP contribution in [0.4, 0.5) is 5.69 Å². The zero-order chi connectivity index (χ0) is 14.0. The van der Waals surface area contributed by atoms with Gasteiger partial charge in [-0.05, 0) is 31.5 Å². The van der Waals surface area contributed by atoms with E-state index in [-0.39, 0.29) is 5.91 Å². The summed E-state index contributed by atoms with van der Waals surface area (Å²) in [4.78, 5) is 16.2. The second-order valence-electron chi connectivity index (χ2n) is 4.50. The molecule has 1 N–H and O–H groups in total. The molecule has 1 unspecified atom stereocenters. The largest absolute Gasteiger partial charge is 0.331 e. The van der Waals surface area contributed by atoms with Crippen LogP contribution in [0.1, 0.15) is 19.2 Å². The molecule has 2 rings (SSSR count). The second kappa shape index (κ2) is 5.11. The number of hydrogen-bond donors (Lipinski definition) is 1. The zero-order valence-electron chi connectivity index (χ0n) is 11.3. The van der Waals surface area contributed by atoms with Gasteiger partial charge in [-0.2, -0.15) is 5.26 Å². The SMILES string of the molecule is CCC(C#N)C(=O)Nc1ccc2c(c1)nc(C)n2C. The van der Waals surface area contributed by atoms with Gasteiger partial charge >= 0.3 is 0 Å². The molecule has 19 heavy (non-hydrogen) atoms. The van der Waals surface area contributed by atoms with Crippen molar-refractivity contribution in [3.05, 3.63) is 24.0 Å². The Balaban J connectivity index is 2.27. The van der Waals surface area contributed by atoms with Gasteiger partial charge in [-0.1, -0.05) is 6.92 Å². The monoisotopic (exact) mass is 256 g/mol. The predicted octanol–water partition coefficient (Wildman–Crippen LogP) is 2.37. The van der Waals surface area contributed by atoms with Gasteiger partial charge in [0, 0.05) is 12.7 Å². The van der Waals surface area contributed by atoms with E-state index in [1.807, 2.05) is 49.7 Å². The number of aromatic nitrogens is 2. The molecular formula is C14H16N4O. The van der Waals surface area contributed by atoms with Crippen molar-refractivity contribution in [3.8, 4) is 6.07 Å². The molecule has 1 atom stereocenters. The van der Waals surface area contributed by atoms with E-state index in [0.29, 0.717) is 12.1 Å². The molecular weight excluding hydrogens is 240 g/mol. The Morgan fingerprint density at radius 2 is 2.32 bits per heavy atom. The fraction of sp³-hybridized carbons (Fsp3) is 0.357. The number of nitrogens with one attached hydrogen (secondary N) is 1. The fourth-order valence-corrected chi connectivity index (χ4v) is 1.96. The van der Waals surface area contributed by atoms with E-state index in [0.717, 1.165) is 16.9 Å². The Morgan fingerprint density at radius 3 is 2.95 bits per heavy atom. The molecule has 0 saturated carbocycles. The van der Waals surface area contributed by atoms with Gasteiger partial charge in [-0.3, -0.25) is 4.79 Å². The molecule has 0 aliphatic rings. The second-order valence-corrected chi connectivity index (χ2v) is 4.50. The maximum Gasteiger partial charge on any atom is 0.241 e. The van der Waals surface area contributed by atoms with Gasteiger partial charge in [0.2, 0.25) is 5.91 Å². The summed E-state index contributed by atoms with van der Waals surface area (Å²) in [5, 5.41) is 11.6. The molecule has 98 valence electrons. The van der Waals surface area contributed by atoms with Gasteiger partial charge < -0.3 is 9.88 Å². The van der Waals surface area contributed by atoms with Gasteiger partial charge in [0.15, 0.2) is 0 Å². The van der Waals surface area contributed by atoms with E-state index in [9.17, 15) is 4.79 Å². The lowest BCUT2D eigenvalue weighted by Gasteiger charge is -2.08. The maximum atomic E-state index is 11.8. The standard InChI is InChI=1S/C14H16N4O/c1-4-10(8-15)14(19)17-11-5-6-13-12(7-11)16-9(2)18(13)3/h5-7,10H,4H2,1-3H3,(H,17,19). The number of aryl methyl sites for hydroxylation is 2. The van der Waals surface area contributed by atoms with Crippen LogP contribution in [0.25, 0.3) is 11.0 Å². The third-order valence-electron chi connectivity index (χ3n) is 3.25. The molecule has 2 aromatic rings. The highest BCUT2D eigenvalue weighted by atomic mass is 16.1. The van der Waals surface area contributed by atoms with Crippen molar-refractivity contribution in [3.63, 3.8) is 0 Å². The number of hydrogen-bond acceptors (Lipinski definition) is 3. The normalized spacial score (nSPS) is 12.1. The van der Waals surface area contributed by atoms with E-state index in [2.05, 4.69) is 10.3 Å². The van der Waals surface area contributed by atoms with Gasteiger partial charge in [0.05, 0.1) is 17.1 Å². The lowest BCUT2D eigenvalue weighted by Crippen LogP contribution is -2.20. The molecule has 5 nitrogen and oxygen atoms in total. The number of fused-ring (bicyclic) bond motifs is 1. The highest BCUT2D eigenvalue weighted by Crippen LogP contribution is 2.20. The summed E-state index contributed by atoms with van der Waals surface area (Å²) < 4.78 is 1.99. The summed E-state index contributed by atoms with van der Waals surface area (Å²) in [6, 6.07) is 7.55. The van der Waals surface area contributed by atoms with E-state index in [1.165, 1.54) is 0 Å². The van der Waals surface area contributed by atoms with Gasteiger partial charge in [0.1, 0.15) is 11.7 Å². The highest BCUT2D eigenvalue weighted by molar-refractivity contribution is 5.95. The summed E-state index contributed by atoms with van der Waals surface area (Å²) in [5.74, 6) is 0.0418. The van der Waals surface area contributed by atoms with Crippen LogP contribution in [-0.2, 0) is 11.8 Å². The molecule has 0 aliphatic heterocycles. The molecule has 0 spiro atoms. The first kappa shape index (κ1) is 13.1. The van der Waals surface area contributed by atoms with E-state index in [4.69, 9.17) is 5.26 Å². The molecule has 0 aliphatic carbocycles. The zero-order valence-corrected chi connectivity index (χ0v) is 11.3. The van der Waals surface area contributed by atoms with Crippen LogP contribution < -0.4 is 5.32 Å². The van der Waals surface area contributed by atoms with Gasteiger partial charge in [-0.25, -0.2) is 4.98 Å². The van der Waals surface area contributed by atoms with Crippen molar-refractivity contribution in [1.29, 1.82) is 5.26 Å². The van der Waals surface area contributed by atoms with Crippen LogP contribution in [0.3, 0.4) is 0 Å². The molecule has 1 heterocycles. The van der Waals surface area contributed by atoms with Crippen molar-refractivity contribution >= 4 is 22.6 Å². The molecule has 1 aromatic heterocycles. The van der Waals surface area contributed by atoms with Crippen LogP contribution in [0.5, 0.6) is 0 Å². The average Bonchev–Trinajstić information content (AvgIpc) is 2.66. The number of anilines is 1. The minimum Gasteiger partial charge on any atom is -0.331 e. The van der Waals surface area contributed by atoms with Crippen LogP contribution in [0, 0.1) is 24.2 Å². The maximum absolute atomic E-state index is 11.8. The average molecular weight is 256 g/mol. The Kier molecular flexibility index (Phi) is 3.52. The highest BCUT2D eigenvalue weighted by Gasteiger charge is 2.15. The van der Waals surface area contributed by atoms with Crippen molar-refractivity contribution in [2.75, 3.05) is 5.32 Å². The van der Waals surface area contributed by atoms with Gasteiger partial charge in [0.25, 0.3) is 0 Å². The molecule has 5 heteroatoms. The number of carbonyl (C=O) groups excluding carboxylic acids is 1. The Hall–Kier alpha value is -2.35. The first-order valence-electron chi connectivity index (χ1n) is 6.20. The van der Waals surface area contributed by atoms with Crippen LogP contribution in [-0.4, -0.2) is 15.5 Å².